The van der Waals surface area contributed by atoms with Gasteiger partial charge in [0.05, 0.1) is 18.8 Å². The van der Waals surface area contributed by atoms with Crippen LogP contribution < -0.4 is 5.32 Å². The van der Waals surface area contributed by atoms with Gasteiger partial charge in [0.2, 0.25) is 5.91 Å². The maximum Gasteiger partial charge on any atom is 0.249 e. The number of carbonyl (C=O) groups excluding carboxylic acids is 1. The first-order valence-electron chi connectivity index (χ1n) is 25.9. The van der Waals surface area contributed by atoms with E-state index in [1.54, 1.807) is 0 Å². The fourth-order valence-corrected chi connectivity index (χ4v) is 7.97. The van der Waals surface area contributed by atoms with Gasteiger partial charge in [-0.1, -0.05) is 237 Å². The highest BCUT2D eigenvalue weighted by atomic mass is 16.3. The molecule has 0 rings (SSSR count). The second-order valence-corrected chi connectivity index (χ2v) is 17.8. The molecule has 0 heterocycles. The molecule has 6 heteroatoms. The van der Waals surface area contributed by atoms with Gasteiger partial charge in [0, 0.05) is 0 Å². The van der Waals surface area contributed by atoms with E-state index in [2.05, 4.69) is 55.6 Å². The first-order valence-corrected chi connectivity index (χ1v) is 25.9. The average molecular weight is 832 g/mol. The van der Waals surface area contributed by atoms with Crippen molar-refractivity contribution < 1.29 is 25.2 Å². The van der Waals surface area contributed by atoms with Crippen molar-refractivity contribution in [2.45, 2.75) is 289 Å². The predicted octanol–water partition coefficient (Wildman–Crippen LogP) is 14.5. The Morgan fingerprint density at radius 3 is 1.07 bits per heavy atom. The number of nitrogens with one attached hydrogen (secondary N) is 1. The highest BCUT2D eigenvalue weighted by Crippen LogP contribution is 2.17. The molecule has 1 amide bonds. The van der Waals surface area contributed by atoms with Crippen LogP contribution in [-0.4, -0.2) is 57.3 Å². The third kappa shape index (κ3) is 41.6. The Kier molecular flexibility index (Phi) is 46.4. The fourth-order valence-electron chi connectivity index (χ4n) is 7.97. The van der Waals surface area contributed by atoms with E-state index in [0.717, 1.165) is 51.4 Å². The van der Waals surface area contributed by atoms with E-state index in [1.807, 2.05) is 0 Å². The number of unbranched alkanes of at least 4 members (excludes halogenated alkanes) is 32. The van der Waals surface area contributed by atoms with E-state index in [0.29, 0.717) is 19.3 Å². The summed E-state index contributed by atoms with van der Waals surface area (Å²) in [7, 11) is 0. The second kappa shape index (κ2) is 47.6. The average Bonchev–Trinajstić information content (AvgIpc) is 3.24. The maximum absolute atomic E-state index is 12.6. The van der Waals surface area contributed by atoms with E-state index in [4.69, 9.17) is 0 Å². The second-order valence-electron chi connectivity index (χ2n) is 17.8. The maximum atomic E-state index is 12.6. The van der Waals surface area contributed by atoms with E-state index in [1.165, 1.54) is 180 Å². The largest absolute Gasteiger partial charge is 0.394 e. The Hall–Kier alpha value is -1.47. The van der Waals surface area contributed by atoms with Gasteiger partial charge in [0.15, 0.2) is 0 Å². The molecule has 0 aromatic rings. The SMILES string of the molecule is CCCCCC/C=C/CC/C=C/CC/C=C/CCCC(O)C(O)C(CO)NC(=O)C(O)CCCCCCCCCCCCCCCCCCCCCCCCCCCC. The fraction of sp³-hybridized carbons (Fsp3) is 0.868. The summed E-state index contributed by atoms with van der Waals surface area (Å²) in [4.78, 5) is 12.6. The number of amides is 1. The zero-order chi connectivity index (χ0) is 43.1. The molecule has 4 unspecified atom stereocenters. The number of hydrogen-bond acceptors (Lipinski definition) is 5. The van der Waals surface area contributed by atoms with Crippen molar-refractivity contribution >= 4 is 5.91 Å². The van der Waals surface area contributed by atoms with Crippen molar-refractivity contribution in [2.24, 2.45) is 0 Å². The Morgan fingerprint density at radius 1 is 0.407 bits per heavy atom. The van der Waals surface area contributed by atoms with E-state index >= 15 is 0 Å². The quantitative estimate of drug-likeness (QED) is 0.0310. The van der Waals surface area contributed by atoms with E-state index in [-0.39, 0.29) is 0 Å². The summed E-state index contributed by atoms with van der Waals surface area (Å²) in [5.41, 5.74) is 0. The topological polar surface area (TPSA) is 110 Å². The minimum atomic E-state index is -1.29. The molecule has 0 saturated heterocycles. The van der Waals surface area contributed by atoms with Gasteiger partial charge in [-0.25, -0.2) is 0 Å². The highest BCUT2D eigenvalue weighted by molar-refractivity contribution is 5.80. The molecule has 0 aromatic heterocycles. The van der Waals surface area contributed by atoms with Gasteiger partial charge < -0.3 is 25.7 Å². The van der Waals surface area contributed by atoms with Gasteiger partial charge in [-0.2, -0.15) is 0 Å². The summed E-state index contributed by atoms with van der Waals surface area (Å²) in [6.45, 7) is 4.04. The molecule has 5 N–H and O–H groups in total. The normalized spacial score (nSPS) is 14.2. The first-order chi connectivity index (χ1) is 29.0. The van der Waals surface area contributed by atoms with Crippen LogP contribution in [0.4, 0.5) is 0 Å². The summed E-state index contributed by atoms with van der Waals surface area (Å²) < 4.78 is 0. The van der Waals surface area contributed by atoms with Crippen LogP contribution in [0.3, 0.4) is 0 Å². The van der Waals surface area contributed by atoms with Gasteiger partial charge in [0.25, 0.3) is 0 Å². The molecule has 0 aliphatic rings. The minimum absolute atomic E-state index is 0.362. The molecule has 4 atom stereocenters. The zero-order valence-electron chi connectivity index (χ0n) is 39.3. The monoisotopic (exact) mass is 832 g/mol. The van der Waals surface area contributed by atoms with Gasteiger partial charge in [-0.15, -0.1) is 0 Å². The third-order valence-electron chi connectivity index (χ3n) is 12.1. The molecule has 0 aliphatic carbocycles. The van der Waals surface area contributed by atoms with E-state index in [9.17, 15) is 25.2 Å². The summed E-state index contributed by atoms with van der Waals surface area (Å²) in [5.74, 6) is -0.596. The van der Waals surface area contributed by atoms with Crippen LogP contribution in [-0.2, 0) is 4.79 Å². The first kappa shape index (κ1) is 57.5. The van der Waals surface area contributed by atoms with Crippen molar-refractivity contribution in [3.05, 3.63) is 36.5 Å². The lowest BCUT2D eigenvalue weighted by molar-refractivity contribution is -0.132. The Labute approximate surface area is 367 Å². The van der Waals surface area contributed by atoms with Crippen LogP contribution >= 0.6 is 0 Å². The molecule has 0 fully saturated rings. The predicted molar refractivity (Wildman–Crippen MR) is 256 cm³/mol. The third-order valence-corrected chi connectivity index (χ3v) is 12.1. The van der Waals surface area contributed by atoms with Crippen LogP contribution in [0, 0.1) is 0 Å². The molecule has 0 spiro atoms. The molecular formula is C53H101NO5. The van der Waals surface area contributed by atoms with Crippen LogP contribution in [0.15, 0.2) is 36.5 Å². The molecule has 0 radical (unpaired) electrons. The number of aliphatic hydroxyl groups excluding tert-OH is 4. The standard InChI is InChI=1S/C53H101NO5/c1-3-5-7-9-11-13-15-17-19-21-22-23-24-25-26-27-28-29-31-33-35-37-39-41-43-45-47-51(57)53(59)54-49(48-55)52(58)50(56)46-44-42-40-38-36-34-32-30-20-18-16-14-12-10-8-6-4-2/h14,16,30,32,38,40,49-52,55-58H,3-13,15,17-29,31,33-37,39,41-48H2,1-2H3,(H,54,59)/b16-14+,32-30+,40-38+. The Bertz CT molecular complexity index is 935. The molecule has 348 valence electrons. The Balaban J connectivity index is 3.67. The summed E-state index contributed by atoms with van der Waals surface area (Å²) in [5, 5.41) is 43.8. The molecular weight excluding hydrogens is 731 g/mol. The number of rotatable bonds is 47. The molecule has 0 aliphatic heterocycles. The number of carbonyl (C=O) groups is 1. The van der Waals surface area contributed by atoms with E-state index < -0.39 is 36.9 Å². The molecule has 6 nitrogen and oxygen atoms in total. The lowest BCUT2D eigenvalue weighted by Gasteiger charge is -2.27. The number of hydrogen-bond donors (Lipinski definition) is 5. The van der Waals surface area contributed by atoms with Crippen LogP contribution in [0.1, 0.15) is 264 Å². The summed E-state index contributed by atoms with van der Waals surface area (Å²) >= 11 is 0. The van der Waals surface area contributed by atoms with Crippen LogP contribution in [0.25, 0.3) is 0 Å². The summed E-state index contributed by atoms with van der Waals surface area (Å²) in [6, 6.07) is -1.01. The van der Waals surface area contributed by atoms with Crippen molar-refractivity contribution in [3.63, 3.8) is 0 Å². The van der Waals surface area contributed by atoms with Crippen molar-refractivity contribution in [3.8, 4) is 0 Å². The number of aliphatic hydroxyl groups is 4. The summed E-state index contributed by atoms with van der Waals surface area (Å²) in [6.07, 6.45) is 57.7. The molecule has 0 saturated carbocycles. The van der Waals surface area contributed by atoms with Crippen LogP contribution in [0.5, 0.6) is 0 Å². The van der Waals surface area contributed by atoms with Crippen molar-refractivity contribution in [1.29, 1.82) is 0 Å². The molecule has 59 heavy (non-hydrogen) atoms. The van der Waals surface area contributed by atoms with Gasteiger partial charge >= 0.3 is 0 Å². The van der Waals surface area contributed by atoms with Gasteiger partial charge in [-0.05, 0) is 64.2 Å². The lowest BCUT2D eigenvalue weighted by atomic mass is 10.00. The zero-order valence-corrected chi connectivity index (χ0v) is 39.3. The molecule has 0 bridgehead atoms. The minimum Gasteiger partial charge on any atom is -0.394 e. The van der Waals surface area contributed by atoms with Gasteiger partial charge in [0.1, 0.15) is 12.2 Å². The van der Waals surface area contributed by atoms with Crippen molar-refractivity contribution in [1.82, 2.24) is 5.32 Å². The molecule has 0 aromatic carbocycles. The smallest absolute Gasteiger partial charge is 0.249 e. The van der Waals surface area contributed by atoms with Crippen LogP contribution in [0.2, 0.25) is 0 Å². The lowest BCUT2D eigenvalue weighted by Crippen LogP contribution is -2.53. The van der Waals surface area contributed by atoms with Gasteiger partial charge in [-0.3, -0.25) is 4.79 Å². The van der Waals surface area contributed by atoms with Crippen molar-refractivity contribution in [2.75, 3.05) is 6.61 Å². The Morgan fingerprint density at radius 2 is 0.712 bits per heavy atom. The number of allylic oxidation sites excluding steroid dienone is 6. The highest BCUT2D eigenvalue weighted by Gasteiger charge is 2.28.